The Morgan fingerprint density at radius 1 is 1.50 bits per heavy atom. The summed E-state index contributed by atoms with van der Waals surface area (Å²) in [6, 6.07) is 3.04. The number of aromatic hydroxyl groups is 1. The summed E-state index contributed by atoms with van der Waals surface area (Å²) in [5.74, 6) is -1.12. The molecule has 0 atom stereocenters. The van der Waals surface area contributed by atoms with E-state index in [1.807, 2.05) is 0 Å². The predicted molar refractivity (Wildman–Crippen MR) is 47.9 cm³/mol. The van der Waals surface area contributed by atoms with E-state index < -0.39 is 11.6 Å². The van der Waals surface area contributed by atoms with Crippen LogP contribution in [0.5, 0.6) is 5.75 Å². The number of phenolic OH excluding ortho intramolecular Hbond substituents is 1. The number of halogens is 1. The summed E-state index contributed by atoms with van der Waals surface area (Å²) in [6.45, 7) is 0. The molecule has 4 heteroatoms. The quantitative estimate of drug-likeness (QED) is 0.486. The molecule has 0 amide bonds. The first kappa shape index (κ1) is 7.36. The van der Waals surface area contributed by atoms with Gasteiger partial charge in [-0.15, -0.1) is 11.3 Å². The lowest BCUT2D eigenvalue weighted by Gasteiger charge is -2.00. The molecule has 0 saturated heterocycles. The second-order valence-electron chi connectivity index (χ2n) is 2.45. The molecule has 1 aromatic heterocycles. The minimum Gasteiger partial charge on any atom is -0.503 e. The smallest absolute Gasteiger partial charge is 0.175 e. The van der Waals surface area contributed by atoms with Gasteiger partial charge in [0.05, 0.1) is 5.69 Å². The van der Waals surface area contributed by atoms with E-state index in [0.717, 1.165) is 4.70 Å². The highest BCUT2D eigenvalue weighted by Gasteiger charge is 2.09. The van der Waals surface area contributed by atoms with Crippen LogP contribution in [0.1, 0.15) is 0 Å². The minimum absolute atomic E-state index is 0.117. The molecule has 0 aliphatic carbocycles. The van der Waals surface area contributed by atoms with E-state index in [4.69, 9.17) is 10.8 Å². The molecular formula is C8H6FNOS. The Morgan fingerprint density at radius 2 is 2.25 bits per heavy atom. The topological polar surface area (TPSA) is 46.2 Å². The van der Waals surface area contributed by atoms with Crippen LogP contribution in [0.3, 0.4) is 0 Å². The lowest BCUT2D eigenvalue weighted by Crippen LogP contribution is -1.88. The standard InChI is InChI=1S/C8H6FNOS/c9-5-3-6-4(1-2-12-6)7(10)8(5)11/h1-3,11H,10H2. The number of phenols is 1. The first-order valence-electron chi connectivity index (χ1n) is 3.34. The average Bonchev–Trinajstić information content (AvgIpc) is 2.48. The zero-order chi connectivity index (χ0) is 8.72. The van der Waals surface area contributed by atoms with Crippen LogP contribution in [0.25, 0.3) is 10.1 Å². The Morgan fingerprint density at radius 3 is 3.00 bits per heavy atom. The normalized spacial score (nSPS) is 10.8. The van der Waals surface area contributed by atoms with Crippen molar-refractivity contribution in [3.8, 4) is 5.75 Å². The van der Waals surface area contributed by atoms with Crippen LogP contribution in [-0.2, 0) is 0 Å². The lowest BCUT2D eigenvalue weighted by molar-refractivity contribution is 0.436. The minimum atomic E-state index is -0.664. The number of rotatable bonds is 0. The summed E-state index contributed by atoms with van der Waals surface area (Å²) in [6.07, 6.45) is 0. The maximum atomic E-state index is 12.9. The molecule has 2 rings (SSSR count). The van der Waals surface area contributed by atoms with Crippen molar-refractivity contribution in [2.45, 2.75) is 0 Å². The van der Waals surface area contributed by atoms with Crippen LogP contribution >= 0.6 is 11.3 Å². The van der Waals surface area contributed by atoms with Crippen molar-refractivity contribution in [3.63, 3.8) is 0 Å². The summed E-state index contributed by atoms with van der Waals surface area (Å²) >= 11 is 1.39. The molecule has 0 aliphatic heterocycles. The molecule has 12 heavy (non-hydrogen) atoms. The van der Waals surface area contributed by atoms with Crippen molar-refractivity contribution >= 4 is 27.1 Å². The van der Waals surface area contributed by atoms with Crippen molar-refractivity contribution in [2.24, 2.45) is 0 Å². The van der Waals surface area contributed by atoms with Crippen LogP contribution in [0.4, 0.5) is 10.1 Å². The highest BCUT2D eigenvalue weighted by atomic mass is 32.1. The maximum absolute atomic E-state index is 12.9. The van der Waals surface area contributed by atoms with E-state index in [-0.39, 0.29) is 5.69 Å². The fourth-order valence-electron chi connectivity index (χ4n) is 1.09. The number of nitrogens with two attached hydrogens (primary N) is 1. The molecule has 3 N–H and O–H groups in total. The second kappa shape index (κ2) is 2.35. The molecule has 1 heterocycles. The molecule has 0 fully saturated rings. The molecule has 0 spiro atoms. The maximum Gasteiger partial charge on any atom is 0.175 e. The zero-order valence-electron chi connectivity index (χ0n) is 6.04. The summed E-state index contributed by atoms with van der Waals surface area (Å²) in [5, 5.41) is 11.6. The van der Waals surface area contributed by atoms with Gasteiger partial charge in [-0.2, -0.15) is 0 Å². The van der Waals surface area contributed by atoms with Gasteiger partial charge < -0.3 is 10.8 Å². The van der Waals surface area contributed by atoms with Gasteiger partial charge in [-0.3, -0.25) is 0 Å². The molecule has 0 bridgehead atoms. The van der Waals surface area contributed by atoms with Gasteiger partial charge in [-0.1, -0.05) is 0 Å². The van der Waals surface area contributed by atoms with Gasteiger partial charge in [0.25, 0.3) is 0 Å². The van der Waals surface area contributed by atoms with Crippen molar-refractivity contribution < 1.29 is 9.50 Å². The molecule has 1 aromatic carbocycles. The fourth-order valence-corrected chi connectivity index (χ4v) is 1.92. The highest BCUT2D eigenvalue weighted by molar-refractivity contribution is 7.17. The fraction of sp³-hybridized carbons (Fsp3) is 0. The number of hydrogen-bond acceptors (Lipinski definition) is 3. The number of thiophene rings is 1. The van der Waals surface area contributed by atoms with E-state index >= 15 is 0 Å². The van der Waals surface area contributed by atoms with E-state index in [2.05, 4.69) is 0 Å². The van der Waals surface area contributed by atoms with Crippen LogP contribution in [0.15, 0.2) is 17.5 Å². The van der Waals surface area contributed by atoms with Crippen molar-refractivity contribution in [2.75, 3.05) is 5.73 Å². The van der Waals surface area contributed by atoms with Gasteiger partial charge >= 0.3 is 0 Å². The lowest BCUT2D eigenvalue weighted by atomic mass is 10.2. The van der Waals surface area contributed by atoms with Crippen molar-refractivity contribution in [1.82, 2.24) is 0 Å². The molecule has 0 saturated carbocycles. The van der Waals surface area contributed by atoms with Gasteiger partial charge in [0.1, 0.15) is 0 Å². The summed E-state index contributed by atoms with van der Waals surface area (Å²) in [4.78, 5) is 0. The number of fused-ring (bicyclic) bond motifs is 1. The third kappa shape index (κ3) is 0.848. The van der Waals surface area contributed by atoms with Gasteiger partial charge in [-0.25, -0.2) is 4.39 Å². The van der Waals surface area contributed by atoms with Gasteiger partial charge in [0.2, 0.25) is 0 Å². The van der Waals surface area contributed by atoms with Gasteiger partial charge in [-0.05, 0) is 17.5 Å². The van der Waals surface area contributed by atoms with Crippen molar-refractivity contribution in [3.05, 3.63) is 23.3 Å². The number of anilines is 1. The van der Waals surface area contributed by atoms with Gasteiger partial charge in [0, 0.05) is 10.1 Å². The van der Waals surface area contributed by atoms with E-state index in [9.17, 15) is 4.39 Å². The Labute approximate surface area is 72.1 Å². The Bertz CT molecular complexity index is 438. The first-order chi connectivity index (χ1) is 5.70. The Hall–Kier alpha value is -1.29. The summed E-state index contributed by atoms with van der Waals surface area (Å²) in [7, 11) is 0. The van der Waals surface area contributed by atoms with Crippen LogP contribution in [-0.4, -0.2) is 5.11 Å². The van der Waals surface area contributed by atoms with E-state index in [1.54, 1.807) is 11.4 Å². The Balaban J connectivity index is 2.94. The molecule has 0 aliphatic rings. The molecular weight excluding hydrogens is 177 g/mol. The average molecular weight is 183 g/mol. The SMILES string of the molecule is Nc1c(O)c(F)cc2sccc12. The van der Waals surface area contributed by atoms with Crippen LogP contribution in [0.2, 0.25) is 0 Å². The van der Waals surface area contributed by atoms with Crippen LogP contribution in [0, 0.1) is 5.82 Å². The monoisotopic (exact) mass is 183 g/mol. The first-order valence-corrected chi connectivity index (χ1v) is 4.22. The van der Waals surface area contributed by atoms with E-state index in [0.29, 0.717) is 5.39 Å². The molecule has 2 nitrogen and oxygen atoms in total. The molecule has 0 radical (unpaired) electrons. The van der Waals surface area contributed by atoms with E-state index in [1.165, 1.54) is 17.4 Å². The summed E-state index contributed by atoms with van der Waals surface area (Å²) in [5.41, 5.74) is 5.60. The van der Waals surface area contributed by atoms with Gasteiger partial charge in [0.15, 0.2) is 11.6 Å². The number of hydrogen-bond donors (Lipinski definition) is 2. The molecule has 62 valence electrons. The molecule has 0 unspecified atom stereocenters. The van der Waals surface area contributed by atoms with Crippen LogP contribution < -0.4 is 5.73 Å². The molecule has 2 aromatic rings. The Kier molecular flexibility index (Phi) is 1.44. The van der Waals surface area contributed by atoms with Crippen molar-refractivity contribution in [1.29, 1.82) is 0 Å². The summed E-state index contributed by atoms with van der Waals surface area (Å²) < 4.78 is 13.6. The third-order valence-corrected chi connectivity index (χ3v) is 2.59. The predicted octanol–water partition coefficient (Wildman–Crippen LogP) is 2.33. The third-order valence-electron chi connectivity index (χ3n) is 1.72. The second-order valence-corrected chi connectivity index (χ2v) is 3.40. The zero-order valence-corrected chi connectivity index (χ0v) is 6.86. The number of benzene rings is 1. The highest BCUT2D eigenvalue weighted by Crippen LogP contribution is 2.34. The number of nitrogen functional groups attached to an aromatic ring is 1. The largest absolute Gasteiger partial charge is 0.503 e.